The largest absolute Gasteiger partial charge is 0.0585 e. The molecule has 2 aliphatic rings. The summed E-state index contributed by atoms with van der Waals surface area (Å²) < 4.78 is 0. The van der Waals surface area contributed by atoms with Gasteiger partial charge in [0, 0.05) is 0 Å². The SMILES string of the molecule is Cc1c(C(C)(C)C2CC2)ccc2c1CCC2. The fourth-order valence-corrected chi connectivity index (χ4v) is 3.57. The summed E-state index contributed by atoms with van der Waals surface area (Å²) in [5.41, 5.74) is 6.92. The minimum Gasteiger partial charge on any atom is -0.0585 e. The maximum absolute atomic E-state index is 2.44. The summed E-state index contributed by atoms with van der Waals surface area (Å²) >= 11 is 0. The van der Waals surface area contributed by atoms with Gasteiger partial charge in [-0.3, -0.25) is 0 Å². The van der Waals surface area contributed by atoms with E-state index in [0.29, 0.717) is 5.41 Å². The molecule has 0 heterocycles. The molecule has 1 saturated carbocycles. The fourth-order valence-electron chi connectivity index (χ4n) is 3.57. The van der Waals surface area contributed by atoms with Crippen LogP contribution in [0.2, 0.25) is 0 Å². The minimum absolute atomic E-state index is 0.404. The van der Waals surface area contributed by atoms with Crippen molar-refractivity contribution in [2.75, 3.05) is 0 Å². The molecule has 86 valence electrons. The Hall–Kier alpha value is -0.780. The smallest absolute Gasteiger partial charge is 0.00726 e. The van der Waals surface area contributed by atoms with Crippen LogP contribution in [0.3, 0.4) is 0 Å². The molecule has 1 aromatic carbocycles. The molecule has 1 fully saturated rings. The van der Waals surface area contributed by atoms with Crippen LogP contribution >= 0.6 is 0 Å². The summed E-state index contributed by atoms with van der Waals surface area (Å²) in [5.74, 6) is 0.936. The Morgan fingerprint density at radius 1 is 1.12 bits per heavy atom. The van der Waals surface area contributed by atoms with Crippen molar-refractivity contribution in [2.24, 2.45) is 5.92 Å². The fraction of sp³-hybridized carbons (Fsp3) is 0.625. The molecule has 0 N–H and O–H groups in total. The van der Waals surface area contributed by atoms with Gasteiger partial charge in [-0.25, -0.2) is 0 Å². The van der Waals surface area contributed by atoms with Crippen molar-refractivity contribution in [1.29, 1.82) is 0 Å². The lowest BCUT2D eigenvalue weighted by molar-refractivity contribution is 0.451. The molecule has 0 unspecified atom stereocenters. The van der Waals surface area contributed by atoms with Gasteiger partial charge in [0.15, 0.2) is 0 Å². The third-order valence-corrected chi connectivity index (χ3v) is 4.86. The lowest BCUT2D eigenvalue weighted by Crippen LogP contribution is -2.21. The zero-order chi connectivity index (χ0) is 11.3. The van der Waals surface area contributed by atoms with Gasteiger partial charge in [0.2, 0.25) is 0 Å². The molecule has 3 rings (SSSR count). The first-order chi connectivity index (χ1) is 7.60. The molecule has 0 radical (unpaired) electrons. The summed E-state index contributed by atoms with van der Waals surface area (Å²) in [5, 5.41) is 0. The molecule has 0 aliphatic heterocycles. The molecule has 16 heavy (non-hydrogen) atoms. The molecule has 1 aromatic rings. The van der Waals surface area contributed by atoms with E-state index in [0.717, 1.165) is 5.92 Å². The Morgan fingerprint density at radius 3 is 2.56 bits per heavy atom. The summed E-state index contributed by atoms with van der Waals surface area (Å²) in [4.78, 5) is 0. The normalized spacial score (nSPS) is 19.9. The minimum atomic E-state index is 0.404. The molecule has 0 amide bonds. The molecule has 0 bridgehead atoms. The zero-order valence-electron chi connectivity index (χ0n) is 10.8. The van der Waals surface area contributed by atoms with Crippen LogP contribution in [0.25, 0.3) is 0 Å². The van der Waals surface area contributed by atoms with Gasteiger partial charge in [-0.05, 0) is 72.6 Å². The highest BCUT2D eigenvalue weighted by Gasteiger charge is 2.40. The summed E-state index contributed by atoms with van der Waals surface area (Å²) in [6.45, 7) is 7.23. The lowest BCUT2D eigenvalue weighted by Gasteiger charge is -2.28. The molecule has 0 atom stereocenters. The highest BCUT2D eigenvalue weighted by Crippen LogP contribution is 2.48. The van der Waals surface area contributed by atoms with Crippen molar-refractivity contribution in [3.8, 4) is 0 Å². The van der Waals surface area contributed by atoms with Crippen molar-refractivity contribution >= 4 is 0 Å². The van der Waals surface area contributed by atoms with E-state index in [4.69, 9.17) is 0 Å². The van der Waals surface area contributed by atoms with E-state index in [2.05, 4.69) is 32.9 Å². The van der Waals surface area contributed by atoms with Crippen LogP contribution in [-0.2, 0) is 18.3 Å². The number of hydrogen-bond donors (Lipinski definition) is 0. The van der Waals surface area contributed by atoms with Gasteiger partial charge in [-0.15, -0.1) is 0 Å². The number of hydrogen-bond acceptors (Lipinski definition) is 0. The third kappa shape index (κ3) is 1.43. The highest BCUT2D eigenvalue weighted by atomic mass is 14.4. The molecule has 0 nitrogen and oxygen atoms in total. The first kappa shape index (κ1) is 10.4. The van der Waals surface area contributed by atoms with Gasteiger partial charge in [-0.2, -0.15) is 0 Å². The second-order valence-electron chi connectivity index (χ2n) is 6.23. The van der Waals surface area contributed by atoms with E-state index in [1.807, 2.05) is 0 Å². The molecule has 0 saturated heterocycles. The Kier molecular flexibility index (Phi) is 2.18. The van der Waals surface area contributed by atoms with Gasteiger partial charge in [0.1, 0.15) is 0 Å². The van der Waals surface area contributed by atoms with Crippen LogP contribution in [0.5, 0.6) is 0 Å². The predicted octanol–water partition coefficient (Wildman–Crippen LogP) is 4.17. The molecular weight excluding hydrogens is 192 g/mol. The molecular formula is C16H22. The second-order valence-corrected chi connectivity index (χ2v) is 6.23. The van der Waals surface area contributed by atoms with Gasteiger partial charge in [0.25, 0.3) is 0 Å². The summed E-state index contributed by atoms with van der Waals surface area (Å²) in [6.07, 6.45) is 6.85. The van der Waals surface area contributed by atoms with E-state index in [1.165, 1.54) is 32.1 Å². The van der Waals surface area contributed by atoms with Crippen molar-refractivity contribution in [3.63, 3.8) is 0 Å². The molecule has 0 spiro atoms. The topological polar surface area (TPSA) is 0 Å². The molecule has 0 aromatic heterocycles. The van der Waals surface area contributed by atoms with Gasteiger partial charge >= 0.3 is 0 Å². The van der Waals surface area contributed by atoms with Crippen LogP contribution in [0, 0.1) is 12.8 Å². The van der Waals surface area contributed by atoms with E-state index in [-0.39, 0.29) is 0 Å². The highest BCUT2D eigenvalue weighted by molar-refractivity contribution is 5.46. The van der Waals surface area contributed by atoms with Gasteiger partial charge < -0.3 is 0 Å². The van der Waals surface area contributed by atoms with Crippen molar-refractivity contribution in [3.05, 3.63) is 34.4 Å². The van der Waals surface area contributed by atoms with Crippen molar-refractivity contribution < 1.29 is 0 Å². The average molecular weight is 214 g/mol. The second kappa shape index (κ2) is 3.35. The van der Waals surface area contributed by atoms with Crippen molar-refractivity contribution in [2.45, 2.75) is 58.3 Å². The maximum atomic E-state index is 2.44. The molecule has 0 heteroatoms. The Morgan fingerprint density at radius 2 is 1.88 bits per heavy atom. The standard InChI is InChI=1S/C16H22/c1-11-14-6-4-5-12(14)7-10-15(11)16(2,3)13-8-9-13/h7,10,13H,4-6,8-9H2,1-3H3. The van der Waals surface area contributed by atoms with E-state index in [1.54, 1.807) is 22.3 Å². The lowest BCUT2D eigenvalue weighted by atomic mass is 9.76. The summed E-state index contributed by atoms with van der Waals surface area (Å²) in [6, 6.07) is 4.81. The Bertz CT molecular complexity index is 422. The predicted molar refractivity (Wildman–Crippen MR) is 69.0 cm³/mol. The number of benzene rings is 1. The monoisotopic (exact) mass is 214 g/mol. The number of fused-ring (bicyclic) bond motifs is 1. The van der Waals surface area contributed by atoms with E-state index < -0.39 is 0 Å². The average Bonchev–Trinajstić information content (AvgIpc) is 2.98. The van der Waals surface area contributed by atoms with Crippen LogP contribution in [0.15, 0.2) is 12.1 Å². The first-order valence-electron chi connectivity index (χ1n) is 6.72. The van der Waals surface area contributed by atoms with E-state index >= 15 is 0 Å². The maximum Gasteiger partial charge on any atom is -0.00726 e. The van der Waals surface area contributed by atoms with Gasteiger partial charge in [-0.1, -0.05) is 26.0 Å². The summed E-state index contributed by atoms with van der Waals surface area (Å²) in [7, 11) is 0. The van der Waals surface area contributed by atoms with E-state index in [9.17, 15) is 0 Å². The van der Waals surface area contributed by atoms with Crippen LogP contribution < -0.4 is 0 Å². The van der Waals surface area contributed by atoms with Crippen LogP contribution in [-0.4, -0.2) is 0 Å². The Labute approximate surface area is 99.1 Å². The van der Waals surface area contributed by atoms with Crippen LogP contribution in [0.1, 0.15) is 55.4 Å². The third-order valence-electron chi connectivity index (χ3n) is 4.86. The first-order valence-corrected chi connectivity index (χ1v) is 6.72. The molecule has 2 aliphatic carbocycles. The number of aryl methyl sites for hydroxylation is 1. The van der Waals surface area contributed by atoms with Crippen molar-refractivity contribution in [1.82, 2.24) is 0 Å². The Balaban J connectivity index is 2.08. The quantitative estimate of drug-likeness (QED) is 0.693. The zero-order valence-corrected chi connectivity index (χ0v) is 10.8. The van der Waals surface area contributed by atoms with Crippen LogP contribution in [0.4, 0.5) is 0 Å². The van der Waals surface area contributed by atoms with Gasteiger partial charge in [0.05, 0.1) is 0 Å². The number of rotatable bonds is 2.